The number of anilines is 3. The third-order valence-electron chi connectivity index (χ3n) is 4.32. The third kappa shape index (κ3) is 3.34. The van der Waals surface area contributed by atoms with Gasteiger partial charge in [-0.15, -0.1) is 10.2 Å². The molecule has 2 amide bonds. The Hall–Kier alpha value is -3.42. The fourth-order valence-corrected chi connectivity index (χ4v) is 3.13. The van der Waals surface area contributed by atoms with E-state index in [0.29, 0.717) is 13.1 Å². The fraction of sp³-hybridized carbons (Fsp3) is 0.222. The Morgan fingerprint density at radius 1 is 1.08 bits per heavy atom. The van der Waals surface area contributed by atoms with E-state index in [1.165, 1.54) is 22.4 Å². The van der Waals surface area contributed by atoms with Crippen LogP contribution in [0.2, 0.25) is 0 Å². The van der Waals surface area contributed by atoms with Crippen molar-refractivity contribution in [1.82, 2.24) is 25.5 Å². The Morgan fingerprint density at radius 2 is 1.88 bits per heavy atom. The number of aromatic nitrogens is 4. The molecule has 0 unspecified atom stereocenters. The molecule has 8 heteroatoms. The van der Waals surface area contributed by atoms with Gasteiger partial charge in [0, 0.05) is 18.8 Å². The second kappa shape index (κ2) is 7.22. The number of nitrogens with zero attached hydrogens (tertiary/aromatic N) is 5. The Balaban J connectivity index is 1.44. The van der Waals surface area contributed by atoms with Gasteiger partial charge in [-0.05, 0) is 35.4 Å². The van der Waals surface area contributed by atoms with Crippen molar-refractivity contribution >= 4 is 23.1 Å². The zero-order valence-electron chi connectivity index (χ0n) is 14.2. The number of hydrogen-bond acceptors (Lipinski definition) is 5. The SMILES string of the molecule is O=C(NCCn1ncnn1)Nc1ccccc1N1CCc2ccccc21. The molecule has 1 aliphatic rings. The number of para-hydroxylation sites is 3. The van der Waals surface area contributed by atoms with Crippen LogP contribution in [-0.2, 0) is 13.0 Å². The predicted octanol–water partition coefficient (Wildman–Crippen LogP) is 2.19. The number of urea groups is 1. The van der Waals surface area contributed by atoms with Gasteiger partial charge < -0.3 is 15.5 Å². The Labute approximate surface area is 150 Å². The van der Waals surface area contributed by atoms with E-state index in [2.05, 4.69) is 49.1 Å². The summed E-state index contributed by atoms with van der Waals surface area (Å²) in [5.41, 5.74) is 4.29. The van der Waals surface area contributed by atoms with Crippen LogP contribution in [0.5, 0.6) is 0 Å². The van der Waals surface area contributed by atoms with E-state index in [0.717, 1.165) is 24.3 Å². The van der Waals surface area contributed by atoms with Gasteiger partial charge in [0.2, 0.25) is 0 Å². The number of carbonyl (C=O) groups excluding carboxylic acids is 1. The van der Waals surface area contributed by atoms with Crippen molar-refractivity contribution in [3.63, 3.8) is 0 Å². The highest BCUT2D eigenvalue weighted by atomic mass is 16.2. The van der Waals surface area contributed by atoms with Gasteiger partial charge in [-0.3, -0.25) is 0 Å². The molecule has 0 bridgehead atoms. The molecule has 3 aromatic rings. The summed E-state index contributed by atoms with van der Waals surface area (Å²) < 4.78 is 0. The molecule has 4 rings (SSSR count). The second-order valence-electron chi connectivity index (χ2n) is 5.96. The quantitative estimate of drug-likeness (QED) is 0.737. The summed E-state index contributed by atoms with van der Waals surface area (Å²) in [5, 5.41) is 17.0. The number of rotatable bonds is 5. The van der Waals surface area contributed by atoms with E-state index in [1.807, 2.05) is 30.3 Å². The van der Waals surface area contributed by atoms with Gasteiger partial charge in [0.25, 0.3) is 0 Å². The summed E-state index contributed by atoms with van der Waals surface area (Å²) in [6.07, 6.45) is 2.37. The third-order valence-corrected chi connectivity index (χ3v) is 4.32. The first-order chi connectivity index (χ1) is 12.8. The van der Waals surface area contributed by atoms with E-state index < -0.39 is 0 Å². The molecular formula is C18H19N7O. The van der Waals surface area contributed by atoms with Gasteiger partial charge in [0.15, 0.2) is 6.33 Å². The lowest BCUT2D eigenvalue weighted by molar-refractivity contribution is 0.251. The minimum Gasteiger partial charge on any atom is -0.339 e. The highest BCUT2D eigenvalue weighted by Gasteiger charge is 2.22. The van der Waals surface area contributed by atoms with Crippen LogP contribution in [0.15, 0.2) is 54.9 Å². The molecule has 132 valence electrons. The van der Waals surface area contributed by atoms with Gasteiger partial charge >= 0.3 is 6.03 Å². The molecule has 1 aliphatic heterocycles. The molecule has 2 aromatic carbocycles. The maximum Gasteiger partial charge on any atom is 0.319 e. The topological polar surface area (TPSA) is 88.0 Å². The first-order valence-corrected chi connectivity index (χ1v) is 8.51. The minimum absolute atomic E-state index is 0.259. The number of tetrazole rings is 1. The van der Waals surface area contributed by atoms with Gasteiger partial charge in [-0.25, -0.2) is 4.79 Å². The predicted molar refractivity (Wildman–Crippen MR) is 98.4 cm³/mol. The number of carbonyl (C=O) groups is 1. The molecule has 0 saturated heterocycles. The molecule has 2 N–H and O–H groups in total. The van der Waals surface area contributed by atoms with Gasteiger partial charge in [-0.1, -0.05) is 30.3 Å². The number of hydrogen-bond donors (Lipinski definition) is 2. The number of nitrogens with one attached hydrogen (secondary N) is 2. The average molecular weight is 349 g/mol. The summed E-state index contributed by atoms with van der Waals surface area (Å²) in [6.45, 7) is 1.78. The molecule has 2 heterocycles. The van der Waals surface area contributed by atoms with E-state index >= 15 is 0 Å². The van der Waals surface area contributed by atoms with Crippen molar-refractivity contribution < 1.29 is 4.79 Å². The standard InChI is InChI=1S/C18H19N7O/c26-18(19-10-12-25-21-13-20-23-25)22-15-6-2-4-8-17(15)24-11-9-14-5-1-3-7-16(14)24/h1-8,13H,9-12H2,(H2,19,22,26). The van der Waals surface area contributed by atoms with Crippen molar-refractivity contribution in [2.45, 2.75) is 13.0 Å². The van der Waals surface area contributed by atoms with E-state index in [9.17, 15) is 4.79 Å². The first-order valence-electron chi connectivity index (χ1n) is 8.51. The van der Waals surface area contributed by atoms with Crippen LogP contribution in [-0.4, -0.2) is 39.3 Å². The zero-order chi connectivity index (χ0) is 17.8. The Morgan fingerprint density at radius 3 is 2.73 bits per heavy atom. The molecule has 0 atom stereocenters. The van der Waals surface area contributed by atoms with E-state index in [1.54, 1.807) is 0 Å². The maximum absolute atomic E-state index is 12.2. The normalized spacial score (nSPS) is 12.7. The fourth-order valence-electron chi connectivity index (χ4n) is 3.13. The monoisotopic (exact) mass is 349 g/mol. The smallest absolute Gasteiger partial charge is 0.319 e. The first kappa shape index (κ1) is 16.1. The van der Waals surface area contributed by atoms with Crippen molar-refractivity contribution in [2.24, 2.45) is 0 Å². The minimum atomic E-state index is -0.259. The van der Waals surface area contributed by atoms with Crippen LogP contribution in [0.25, 0.3) is 0 Å². The number of fused-ring (bicyclic) bond motifs is 1. The van der Waals surface area contributed by atoms with E-state index in [4.69, 9.17) is 0 Å². The lowest BCUT2D eigenvalue weighted by Gasteiger charge is -2.23. The maximum atomic E-state index is 12.2. The highest BCUT2D eigenvalue weighted by molar-refractivity contribution is 5.94. The molecule has 0 spiro atoms. The molecule has 0 radical (unpaired) electrons. The lowest BCUT2D eigenvalue weighted by Crippen LogP contribution is -2.32. The van der Waals surface area contributed by atoms with Gasteiger partial charge in [0.05, 0.1) is 17.9 Å². The summed E-state index contributed by atoms with van der Waals surface area (Å²) >= 11 is 0. The summed E-state index contributed by atoms with van der Waals surface area (Å²) in [5.74, 6) is 0. The van der Waals surface area contributed by atoms with Gasteiger partial charge in [-0.2, -0.15) is 4.80 Å². The zero-order valence-corrected chi connectivity index (χ0v) is 14.2. The van der Waals surface area contributed by atoms with Crippen molar-refractivity contribution in [1.29, 1.82) is 0 Å². The second-order valence-corrected chi connectivity index (χ2v) is 5.96. The number of benzene rings is 2. The average Bonchev–Trinajstić information content (AvgIpc) is 3.32. The largest absolute Gasteiger partial charge is 0.339 e. The van der Waals surface area contributed by atoms with Crippen LogP contribution in [0, 0.1) is 0 Å². The number of amides is 2. The molecule has 26 heavy (non-hydrogen) atoms. The molecule has 0 saturated carbocycles. The summed E-state index contributed by atoms with van der Waals surface area (Å²) in [4.78, 5) is 15.9. The van der Waals surface area contributed by atoms with Crippen molar-refractivity contribution in [3.8, 4) is 0 Å². The van der Waals surface area contributed by atoms with E-state index in [-0.39, 0.29) is 6.03 Å². The molecular weight excluding hydrogens is 330 g/mol. The highest BCUT2D eigenvalue weighted by Crippen LogP contribution is 2.37. The Kier molecular flexibility index (Phi) is 4.46. The lowest BCUT2D eigenvalue weighted by atomic mass is 10.2. The van der Waals surface area contributed by atoms with Gasteiger partial charge in [0.1, 0.15) is 0 Å². The van der Waals surface area contributed by atoms with Crippen LogP contribution < -0.4 is 15.5 Å². The summed E-state index contributed by atoms with van der Waals surface area (Å²) in [6, 6.07) is 15.9. The van der Waals surface area contributed by atoms with Crippen molar-refractivity contribution in [3.05, 3.63) is 60.4 Å². The van der Waals surface area contributed by atoms with Crippen molar-refractivity contribution in [2.75, 3.05) is 23.3 Å². The van der Waals surface area contributed by atoms with Crippen LogP contribution in [0.4, 0.5) is 21.9 Å². The summed E-state index contributed by atoms with van der Waals surface area (Å²) in [7, 11) is 0. The molecule has 1 aromatic heterocycles. The molecule has 0 aliphatic carbocycles. The van der Waals surface area contributed by atoms with Crippen LogP contribution in [0.1, 0.15) is 5.56 Å². The Bertz CT molecular complexity index is 894. The van der Waals surface area contributed by atoms with Crippen LogP contribution in [0.3, 0.4) is 0 Å². The molecule has 8 nitrogen and oxygen atoms in total. The molecule has 0 fully saturated rings. The van der Waals surface area contributed by atoms with Crippen LogP contribution >= 0.6 is 0 Å².